The number of rotatable bonds is 2. The summed E-state index contributed by atoms with van der Waals surface area (Å²) in [5.41, 5.74) is -0.257. The number of aromatic amines is 2. The normalized spacial score (nSPS) is 22.0. The lowest BCUT2D eigenvalue weighted by Gasteiger charge is -2.32. The highest BCUT2D eigenvalue weighted by Crippen LogP contribution is 2.34. The van der Waals surface area contributed by atoms with Crippen LogP contribution < -0.4 is 5.69 Å². The standard InChI is InChI=1S/C11H16N4O2S2/c16-9(10-18-5-6-19-10)15-3-1-7(2-4-15)8-12-11(17)14-13-8/h7,10H,1-6H2,(H2,12,13,14,17). The number of hydrogen-bond donors (Lipinski definition) is 2. The number of carbonyl (C=O) groups is 1. The first-order chi connectivity index (χ1) is 9.24. The maximum atomic E-state index is 12.3. The molecule has 0 saturated carbocycles. The minimum absolute atomic E-state index is 0.0988. The van der Waals surface area contributed by atoms with Crippen molar-refractivity contribution < 1.29 is 4.79 Å². The summed E-state index contributed by atoms with van der Waals surface area (Å²) >= 11 is 3.50. The highest BCUT2D eigenvalue weighted by atomic mass is 32.2. The molecule has 8 heteroatoms. The van der Waals surface area contributed by atoms with Gasteiger partial charge in [0.15, 0.2) is 0 Å². The summed E-state index contributed by atoms with van der Waals surface area (Å²) in [7, 11) is 0. The van der Waals surface area contributed by atoms with Crippen molar-refractivity contribution in [3.63, 3.8) is 0 Å². The van der Waals surface area contributed by atoms with Gasteiger partial charge >= 0.3 is 5.69 Å². The van der Waals surface area contributed by atoms with Gasteiger partial charge in [-0.05, 0) is 12.8 Å². The summed E-state index contributed by atoms with van der Waals surface area (Å²) in [6, 6.07) is 0. The fourth-order valence-corrected chi connectivity index (χ4v) is 5.24. The average Bonchev–Trinajstić information content (AvgIpc) is 3.09. The van der Waals surface area contributed by atoms with Gasteiger partial charge in [0.05, 0.1) is 0 Å². The molecular weight excluding hydrogens is 284 g/mol. The molecule has 3 rings (SSSR count). The Kier molecular flexibility index (Phi) is 3.88. The highest BCUT2D eigenvalue weighted by molar-refractivity contribution is 8.21. The molecule has 3 heterocycles. The van der Waals surface area contributed by atoms with E-state index in [1.54, 1.807) is 23.5 Å². The molecule has 0 bridgehead atoms. The number of nitrogens with zero attached hydrogens (tertiary/aromatic N) is 2. The second-order valence-corrected chi connectivity index (χ2v) is 7.46. The zero-order valence-corrected chi connectivity index (χ0v) is 12.1. The molecule has 0 atom stereocenters. The van der Waals surface area contributed by atoms with E-state index in [1.165, 1.54) is 0 Å². The fourth-order valence-electron chi connectivity index (χ4n) is 2.50. The van der Waals surface area contributed by atoms with Gasteiger partial charge in [-0.15, -0.1) is 23.5 Å². The first kappa shape index (κ1) is 13.1. The predicted octanol–water partition coefficient (Wildman–Crippen LogP) is 0.610. The second kappa shape index (κ2) is 5.62. The fraction of sp³-hybridized carbons (Fsp3) is 0.727. The van der Waals surface area contributed by atoms with E-state index in [2.05, 4.69) is 15.2 Å². The highest BCUT2D eigenvalue weighted by Gasteiger charge is 2.32. The third-order valence-corrected chi connectivity index (χ3v) is 6.50. The summed E-state index contributed by atoms with van der Waals surface area (Å²) in [6.07, 6.45) is 1.74. The number of hydrogen-bond acceptors (Lipinski definition) is 5. The average molecular weight is 300 g/mol. The van der Waals surface area contributed by atoms with Crippen LogP contribution in [0.2, 0.25) is 0 Å². The molecule has 0 aromatic carbocycles. The first-order valence-corrected chi connectivity index (χ1v) is 8.50. The van der Waals surface area contributed by atoms with Crippen LogP contribution in [0.4, 0.5) is 0 Å². The van der Waals surface area contributed by atoms with Crippen molar-refractivity contribution in [3.05, 3.63) is 16.3 Å². The summed E-state index contributed by atoms with van der Waals surface area (Å²) in [5.74, 6) is 3.40. The van der Waals surface area contributed by atoms with Crippen LogP contribution in [0, 0.1) is 0 Å². The molecule has 2 N–H and O–H groups in total. The quantitative estimate of drug-likeness (QED) is 0.836. The lowest BCUT2D eigenvalue weighted by atomic mass is 9.96. The van der Waals surface area contributed by atoms with Gasteiger partial charge in [-0.1, -0.05) is 0 Å². The van der Waals surface area contributed by atoms with Crippen LogP contribution >= 0.6 is 23.5 Å². The maximum absolute atomic E-state index is 12.3. The van der Waals surface area contributed by atoms with Crippen molar-refractivity contribution in [2.75, 3.05) is 24.6 Å². The Morgan fingerprint density at radius 3 is 2.53 bits per heavy atom. The lowest BCUT2D eigenvalue weighted by molar-refractivity contribution is -0.130. The topological polar surface area (TPSA) is 81.8 Å². The molecule has 1 amide bonds. The minimum Gasteiger partial charge on any atom is -0.341 e. The molecule has 2 aliphatic rings. The summed E-state index contributed by atoms with van der Waals surface area (Å²) in [4.78, 5) is 28.0. The monoisotopic (exact) mass is 300 g/mol. The van der Waals surface area contributed by atoms with Crippen LogP contribution in [0.15, 0.2) is 4.79 Å². The lowest BCUT2D eigenvalue weighted by Crippen LogP contribution is -2.41. The van der Waals surface area contributed by atoms with E-state index in [-0.39, 0.29) is 22.1 Å². The molecule has 6 nitrogen and oxygen atoms in total. The molecule has 0 radical (unpaired) electrons. The number of carbonyl (C=O) groups excluding carboxylic acids is 1. The molecule has 0 aliphatic carbocycles. The number of thioether (sulfide) groups is 2. The van der Waals surface area contributed by atoms with Gasteiger partial charge in [0.1, 0.15) is 10.4 Å². The number of likely N-dealkylation sites (tertiary alicyclic amines) is 1. The van der Waals surface area contributed by atoms with Gasteiger partial charge in [-0.3, -0.25) is 9.78 Å². The molecule has 2 saturated heterocycles. The van der Waals surface area contributed by atoms with Crippen LogP contribution in [0.5, 0.6) is 0 Å². The van der Waals surface area contributed by atoms with Gasteiger partial charge < -0.3 is 4.90 Å². The van der Waals surface area contributed by atoms with E-state index in [9.17, 15) is 9.59 Å². The van der Waals surface area contributed by atoms with Gasteiger partial charge in [-0.25, -0.2) is 9.89 Å². The summed E-state index contributed by atoms with van der Waals surface area (Å²) in [5, 5.41) is 6.38. The number of amides is 1. The van der Waals surface area contributed by atoms with Crippen LogP contribution in [-0.4, -0.2) is 55.2 Å². The van der Waals surface area contributed by atoms with Gasteiger partial charge in [0.25, 0.3) is 0 Å². The van der Waals surface area contributed by atoms with E-state index < -0.39 is 0 Å². The SMILES string of the molecule is O=C(C1SCCS1)N1CCC(c2n[nH]c(=O)[nH]2)CC1. The van der Waals surface area contributed by atoms with Gasteiger partial charge in [0.2, 0.25) is 5.91 Å². The van der Waals surface area contributed by atoms with Crippen molar-refractivity contribution in [1.29, 1.82) is 0 Å². The predicted molar refractivity (Wildman–Crippen MR) is 76.5 cm³/mol. The molecule has 1 aromatic rings. The molecule has 2 aliphatic heterocycles. The maximum Gasteiger partial charge on any atom is 0.340 e. The Hall–Kier alpha value is -0.890. The van der Waals surface area contributed by atoms with Crippen molar-refractivity contribution in [2.24, 2.45) is 0 Å². The summed E-state index contributed by atoms with van der Waals surface area (Å²) < 4.78 is 0.0988. The van der Waals surface area contributed by atoms with Crippen molar-refractivity contribution >= 4 is 29.4 Å². The Morgan fingerprint density at radius 1 is 1.26 bits per heavy atom. The zero-order valence-electron chi connectivity index (χ0n) is 10.4. The summed E-state index contributed by atoms with van der Waals surface area (Å²) in [6.45, 7) is 1.52. The second-order valence-electron chi connectivity index (χ2n) is 4.74. The van der Waals surface area contributed by atoms with E-state index in [0.29, 0.717) is 0 Å². The van der Waals surface area contributed by atoms with Gasteiger partial charge in [-0.2, -0.15) is 5.10 Å². The van der Waals surface area contributed by atoms with E-state index in [1.807, 2.05) is 4.90 Å². The smallest absolute Gasteiger partial charge is 0.340 e. The van der Waals surface area contributed by atoms with Crippen LogP contribution in [-0.2, 0) is 4.79 Å². The van der Waals surface area contributed by atoms with Crippen LogP contribution in [0.1, 0.15) is 24.6 Å². The minimum atomic E-state index is -0.257. The Morgan fingerprint density at radius 2 is 1.95 bits per heavy atom. The number of H-pyrrole nitrogens is 2. The Bertz CT molecular complexity index is 501. The molecule has 1 aromatic heterocycles. The zero-order chi connectivity index (χ0) is 13.2. The largest absolute Gasteiger partial charge is 0.341 e. The molecular formula is C11H16N4O2S2. The van der Waals surface area contributed by atoms with E-state index >= 15 is 0 Å². The van der Waals surface area contributed by atoms with Gasteiger partial charge in [0, 0.05) is 30.5 Å². The number of aromatic nitrogens is 3. The van der Waals surface area contributed by atoms with Crippen molar-refractivity contribution in [1.82, 2.24) is 20.1 Å². The molecule has 19 heavy (non-hydrogen) atoms. The number of nitrogens with one attached hydrogen (secondary N) is 2. The molecule has 104 valence electrons. The van der Waals surface area contributed by atoms with Crippen LogP contribution in [0.25, 0.3) is 0 Å². The third kappa shape index (κ3) is 2.84. The number of piperidine rings is 1. The van der Waals surface area contributed by atoms with Crippen LogP contribution in [0.3, 0.4) is 0 Å². The molecule has 2 fully saturated rings. The van der Waals surface area contributed by atoms with E-state index in [4.69, 9.17) is 0 Å². The molecule has 0 spiro atoms. The molecule has 0 unspecified atom stereocenters. The first-order valence-electron chi connectivity index (χ1n) is 6.40. The van der Waals surface area contributed by atoms with E-state index in [0.717, 1.165) is 43.3 Å². The Balaban J connectivity index is 1.57. The third-order valence-electron chi connectivity index (χ3n) is 3.54. The van der Waals surface area contributed by atoms with Crippen molar-refractivity contribution in [3.8, 4) is 0 Å². The Labute approximate surface area is 119 Å². The van der Waals surface area contributed by atoms with Crippen molar-refractivity contribution in [2.45, 2.75) is 23.3 Å².